The largest absolute Gasteiger partial charge is 0.493 e. The second-order valence-electron chi connectivity index (χ2n) is 4.77. The molecule has 2 nitrogen and oxygen atoms in total. The van der Waals surface area contributed by atoms with E-state index in [2.05, 4.69) is 30.8 Å². The lowest BCUT2D eigenvalue weighted by Gasteiger charge is -2.16. The standard InChI is InChI=1S/C17H21NO/c1-3-4-7-12-19-17-15(13(2)18)11-10-14-8-5-6-9-16(14)17/h3,5-6,8-11,13H,1,4,7,12,18H2,2H3. The fraction of sp³-hybridized carbons (Fsp3) is 0.294. The second-order valence-corrected chi connectivity index (χ2v) is 4.77. The van der Waals surface area contributed by atoms with Gasteiger partial charge in [-0.1, -0.05) is 42.5 Å². The molecule has 0 aromatic heterocycles. The average Bonchev–Trinajstić information content (AvgIpc) is 2.43. The molecule has 1 atom stereocenters. The van der Waals surface area contributed by atoms with Crippen LogP contribution in [0, 0.1) is 0 Å². The third-order valence-corrected chi connectivity index (χ3v) is 3.20. The van der Waals surface area contributed by atoms with Gasteiger partial charge in [-0.05, 0) is 25.2 Å². The van der Waals surface area contributed by atoms with E-state index < -0.39 is 0 Å². The number of ether oxygens (including phenoxy) is 1. The summed E-state index contributed by atoms with van der Waals surface area (Å²) in [6.07, 6.45) is 3.86. The van der Waals surface area contributed by atoms with E-state index in [1.807, 2.05) is 25.1 Å². The van der Waals surface area contributed by atoms with Gasteiger partial charge in [0.2, 0.25) is 0 Å². The van der Waals surface area contributed by atoms with Crippen molar-refractivity contribution in [1.82, 2.24) is 0 Å². The van der Waals surface area contributed by atoms with Crippen LogP contribution in [-0.4, -0.2) is 6.61 Å². The van der Waals surface area contributed by atoms with E-state index in [-0.39, 0.29) is 6.04 Å². The molecular weight excluding hydrogens is 234 g/mol. The Morgan fingerprint density at radius 2 is 2.05 bits per heavy atom. The van der Waals surface area contributed by atoms with Crippen molar-refractivity contribution in [3.8, 4) is 5.75 Å². The van der Waals surface area contributed by atoms with Crippen molar-refractivity contribution in [1.29, 1.82) is 0 Å². The molecule has 0 bridgehead atoms. The summed E-state index contributed by atoms with van der Waals surface area (Å²) in [5.41, 5.74) is 7.11. The monoisotopic (exact) mass is 255 g/mol. The average molecular weight is 255 g/mol. The predicted octanol–water partition coefficient (Wildman–Crippen LogP) is 4.20. The lowest BCUT2D eigenvalue weighted by Crippen LogP contribution is -2.09. The molecule has 100 valence electrons. The van der Waals surface area contributed by atoms with Crippen molar-refractivity contribution in [3.05, 3.63) is 54.6 Å². The van der Waals surface area contributed by atoms with Crippen LogP contribution < -0.4 is 10.5 Å². The van der Waals surface area contributed by atoms with E-state index in [1.165, 1.54) is 5.39 Å². The van der Waals surface area contributed by atoms with Crippen molar-refractivity contribution in [2.24, 2.45) is 5.73 Å². The molecule has 2 rings (SSSR count). The van der Waals surface area contributed by atoms with Crippen molar-refractivity contribution in [3.63, 3.8) is 0 Å². The molecule has 2 heteroatoms. The first kappa shape index (κ1) is 13.6. The van der Waals surface area contributed by atoms with Gasteiger partial charge in [0.1, 0.15) is 5.75 Å². The Morgan fingerprint density at radius 3 is 2.79 bits per heavy atom. The molecule has 2 aromatic rings. The summed E-state index contributed by atoms with van der Waals surface area (Å²) in [4.78, 5) is 0. The van der Waals surface area contributed by atoms with Gasteiger partial charge in [0.25, 0.3) is 0 Å². The SMILES string of the molecule is C=CCCCOc1c(C(C)N)ccc2ccccc12. The van der Waals surface area contributed by atoms with Crippen molar-refractivity contribution in [2.45, 2.75) is 25.8 Å². The normalized spacial score (nSPS) is 12.3. The number of allylic oxidation sites excluding steroid dienone is 1. The number of rotatable bonds is 6. The fourth-order valence-corrected chi connectivity index (χ4v) is 2.18. The van der Waals surface area contributed by atoms with Crippen LogP contribution >= 0.6 is 0 Å². The van der Waals surface area contributed by atoms with Crippen LogP contribution in [-0.2, 0) is 0 Å². The van der Waals surface area contributed by atoms with Gasteiger partial charge >= 0.3 is 0 Å². The maximum Gasteiger partial charge on any atom is 0.131 e. The topological polar surface area (TPSA) is 35.2 Å². The maximum absolute atomic E-state index is 6.04. The van der Waals surface area contributed by atoms with Gasteiger partial charge < -0.3 is 10.5 Å². The molecule has 0 saturated carbocycles. The molecule has 0 amide bonds. The number of benzene rings is 2. The van der Waals surface area contributed by atoms with Crippen LogP contribution in [0.1, 0.15) is 31.4 Å². The minimum Gasteiger partial charge on any atom is -0.493 e. The van der Waals surface area contributed by atoms with Crippen LogP contribution in [0.5, 0.6) is 5.75 Å². The Labute approximate surface area is 114 Å². The zero-order chi connectivity index (χ0) is 13.7. The third kappa shape index (κ3) is 3.15. The first-order valence-electron chi connectivity index (χ1n) is 6.75. The molecular formula is C17H21NO. The van der Waals surface area contributed by atoms with E-state index in [4.69, 9.17) is 10.5 Å². The molecule has 0 saturated heterocycles. The number of fused-ring (bicyclic) bond motifs is 1. The van der Waals surface area contributed by atoms with Gasteiger partial charge in [-0.25, -0.2) is 0 Å². The highest BCUT2D eigenvalue weighted by Crippen LogP contribution is 2.33. The summed E-state index contributed by atoms with van der Waals surface area (Å²) < 4.78 is 5.99. The maximum atomic E-state index is 6.04. The Balaban J connectivity index is 2.35. The molecule has 2 N–H and O–H groups in total. The summed E-state index contributed by atoms with van der Waals surface area (Å²) in [6.45, 7) is 6.41. The molecule has 0 radical (unpaired) electrons. The molecule has 0 aliphatic carbocycles. The quantitative estimate of drug-likeness (QED) is 0.620. The molecule has 0 heterocycles. The van der Waals surface area contributed by atoms with Crippen molar-refractivity contribution in [2.75, 3.05) is 6.61 Å². The van der Waals surface area contributed by atoms with Crippen LogP contribution in [0.25, 0.3) is 10.8 Å². The van der Waals surface area contributed by atoms with Gasteiger partial charge in [-0.15, -0.1) is 6.58 Å². The molecule has 0 spiro atoms. The summed E-state index contributed by atoms with van der Waals surface area (Å²) in [5.74, 6) is 0.928. The first-order chi connectivity index (χ1) is 9.24. The molecule has 0 fully saturated rings. The summed E-state index contributed by atoms with van der Waals surface area (Å²) >= 11 is 0. The fourth-order valence-electron chi connectivity index (χ4n) is 2.18. The lowest BCUT2D eigenvalue weighted by atomic mass is 10.0. The smallest absolute Gasteiger partial charge is 0.131 e. The highest BCUT2D eigenvalue weighted by atomic mass is 16.5. The van der Waals surface area contributed by atoms with E-state index in [9.17, 15) is 0 Å². The van der Waals surface area contributed by atoms with Gasteiger partial charge in [0.15, 0.2) is 0 Å². The lowest BCUT2D eigenvalue weighted by molar-refractivity contribution is 0.311. The minimum absolute atomic E-state index is 0.0287. The number of hydrogen-bond donors (Lipinski definition) is 1. The number of hydrogen-bond acceptors (Lipinski definition) is 2. The molecule has 2 aromatic carbocycles. The van der Waals surface area contributed by atoms with Crippen LogP contribution in [0.15, 0.2) is 49.1 Å². The zero-order valence-electron chi connectivity index (χ0n) is 11.4. The summed E-state index contributed by atoms with van der Waals surface area (Å²) in [7, 11) is 0. The van der Waals surface area contributed by atoms with E-state index in [0.717, 1.165) is 29.5 Å². The Hall–Kier alpha value is -1.80. The number of unbranched alkanes of at least 4 members (excludes halogenated alkanes) is 1. The first-order valence-corrected chi connectivity index (χ1v) is 6.75. The second kappa shape index (κ2) is 6.39. The van der Waals surface area contributed by atoms with Crippen LogP contribution in [0.4, 0.5) is 0 Å². The third-order valence-electron chi connectivity index (χ3n) is 3.20. The highest BCUT2D eigenvalue weighted by molar-refractivity contribution is 5.89. The summed E-state index contributed by atoms with van der Waals surface area (Å²) in [6, 6.07) is 12.4. The van der Waals surface area contributed by atoms with Gasteiger partial charge in [0.05, 0.1) is 6.61 Å². The van der Waals surface area contributed by atoms with Gasteiger partial charge in [0, 0.05) is 17.0 Å². The molecule has 1 unspecified atom stereocenters. The van der Waals surface area contributed by atoms with Crippen molar-refractivity contribution < 1.29 is 4.74 Å². The Morgan fingerprint density at radius 1 is 1.26 bits per heavy atom. The van der Waals surface area contributed by atoms with E-state index in [1.54, 1.807) is 0 Å². The highest BCUT2D eigenvalue weighted by Gasteiger charge is 2.11. The Bertz CT molecular complexity index is 560. The molecule has 19 heavy (non-hydrogen) atoms. The van der Waals surface area contributed by atoms with Crippen LogP contribution in [0.2, 0.25) is 0 Å². The zero-order valence-corrected chi connectivity index (χ0v) is 11.4. The molecule has 0 aliphatic heterocycles. The minimum atomic E-state index is -0.0287. The van der Waals surface area contributed by atoms with Crippen molar-refractivity contribution >= 4 is 10.8 Å². The Kier molecular flexibility index (Phi) is 4.58. The number of nitrogens with two attached hydrogens (primary N) is 1. The summed E-state index contributed by atoms with van der Waals surface area (Å²) in [5, 5.41) is 2.32. The predicted molar refractivity (Wildman–Crippen MR) is 81.5 cm³/mol. The molecule has 0 aliphatic rings. The van der Waals surface area contributed by atoms with Crippen LogP contribution in [0.3, 0.4) is 0 Å². The van der Waals surface area contributed by atoms with E-state index >= 15 is 0 Å². The van der Waals surface area contributed by atoms with Gasteiger partial charge in [-0.3, -0.25) is 0 Å². The van der Waals surface area contributed by atoms with E-state index in [0.29, 0.717) is 6.61 Å². The van der Waals surface area contributed by atoms with Gasteiger partial charge in [-0.2, -0.15) is 0 Å².